The number of sulfonamides is 1. The first-order valence-corrected chi connectivity index (χ1v) is 14.1. The molecule has 3 rings (SSSR count). The molecule has 3 aromatic rings. The summed E-state index contributed by atoms with van der Waals surface area (Å²) in [4.78, 5) is 28.4. The summed E-state index contributed by atoms with van der Waals surface area (Å²) in [5.41, 5.74) is 1.07. The van der Waals surface area contributed by atoms with Crippen molar-refractivity contribution in [2.75, 3.05) is 31.6 Å². The molecule has 1 N–H and O–H groups in total. The van der Waals surface area contributed by atoms with E-state index in [1.165, 1.54) is 24.1 Å². The molecule has 208 valence electrons. The average molecular weight is 554 g/mol. The van der Waals surface area contributed by atoms with E-state index in [-0.39, 0.29) is 17.3 Å². The highest BCUT2D eigenvalue weighted by Gasteiger charge is 2.33. The molecule has 0 aliphatic heterocycles. The second-order valence-corrected chi connectivity index (χ2v) is 10.6. The van der Waals surface area contributed by atoms with Crippen LogP contribution in [0.3, 0.4) is 0 Å². The van der Waals surface area contributed by atoms with E-state index in [1.54, 1.807) is 74.7 Å². The van der Waals surface area contributed by atoms with Gasteiger partial charge in [-0.2, -0.15) is 0 Å². The average Bonchev–Trinajstić information content (AvgIpc) is 2.96. The Hall–Kier alpha value is -4.05. The van der Waals surface area contributed by atoms with E-state index in [9.17, 15) is 18.0 Å². The molecule has 3 aromatic carbocycles. The number of amides is 2. The van der Waals surface area contributed by atoms with Crippen LogP contribution >= 0.6 is 0 Å². The molecule has 0 unspecified atom stereocenters. The molecule has 0 fully saturated rings. The number of methoxy groups -OCH3 is 2. The second kappa shape index (κ2) is 13.7. The number of carbonyl (C=O) groups excluding carboxylic acids is 2. The predicted molar refractivity (Wildman–Crippen MR) is 150 cm³/mol. The molecule has 1 atom stereocenters. The van der Waals surface area contributed by atoms with E-state index in [2.05, 4.69) is 5.32 Å². The molecule has 0 bridgehead atoms. The van der Waals surface area contributed by atoms with Gasteiger partial charge in [0.05, 0.1) is 24.8 Å². The van der Waals surface area contributed by atoms with Crippen molar-refractivity contribution in [1.29, 1.82) is 0 Å². The molecule has 0 saturated heterocycles. The summed E-state index contributed by atoms with van der Waals surface area (Å²) in [6.45, 7) is 3.61. The maximum atomic E-state index is 14.0. The van der Waals surface area contributed by atoms with Gasteiger partial charge in [-0.25, -0.2) is 8.42 Å². The summed E-state index contributed by atoms with van der Waals surface area (Å²) >= 11 is 0. The smallest absolute Gasteiger partial charge is 0.264 e. The second-order valence-electron chi connectivity index (χ2n) is 8.71. The van der Waals surface area contributed by atoms with E-state index in [0.717, 1.165) is 9.87 Å². The first kappa shape index (κ1) is 29.5. The molecule has 0 aromatic heterocycles. The molecular weight excluding hydrogens is 518 g/mol. The monoisotopic (exact) mass is 553 g/mol. The highest BCUT2D eigenvalue weighted by Crippen LogP contribution is 2.26. The lowest BCUT2D eigenvalue weighted by molar-refractivity contribution is -0.140. The summed E-state index contributed by atoms with van der Waals surface area (Å²) in [5, 5.41) is 2.79. The maximum Gasteiger partial charge on any atom is 0.264 e. The fraction of sp³-hybridized carbons (Fsp3) is 0.310. The van der Waals surface area contributed by atoms with E-state index >= 15 is 0 Å². The largest absolute Gasteiger partial charge is 0.497 e. The predicted octanol–water partition coefficient (Wildman–Crippen LogP) is 3.84. The van der Waals surface area contributed by atoms with Crippen molar-refractivity contribution in [3.05, 3.63) is 84.4 Å². The highest BCUT2D eigenvalue weighted by molar-refractivity contribution is 7.92. The number of ether oxygens (including phenoxy) is 2. The molecule has 0 spiro atoms. The van der Waals surface area contributed by atoms with Crippen LogP contribution in [-0.4, -0.2) is 58.5 Å². The van der Waals surface area contributed by atoms with E-state index in [1.807, 2.05) is 13.0 Å². The molecular formula is C29H35N3O6S. The zero-order valence-corrected chi connectivity index (χ0v) is 23.5. The Morgan fingerprint density at radius 1 is 0.872 bits per heavy atom. The Morgan fingerprint density at radius 2 is 1.54 bits per heavy atom. The van der Waals surface area contributed by atoms with Crippen LogP contribution in [0.25, 0.3) is 0 Å². The number of nitrogens with one attached hydrogen (secondary N) is 1. The lowest BCUT2D eigenvalue weighted by Crippen LogP contribution is -2.52. The van der Waals surface area contributed by atoms with Crippen molar-refractivity contribution in [2.45, 2.75) is 37.8 Å². The number of anilines is 1. The zero-order chi connectivity index (χ0) is 28.4. The minimum Gasteiger partial charge on any atom is -0.497 e. The van der Waals surface area contributed by atoms with E-state index < -0.39 is 28.5 Å². The van der Waals surface area contributed by atoms with Gasteiger partial charge >= 0.3 is 0 Å². The van der Waals surface area contributed by atoms with Gasteiger partial charge in [-0.3, -0.25) is 13.9 Å². The van der Waals surface area contributed by atoms with Crippen molar-refractivity contribution >= 4 is 27.5 Å². The Bertz CT molecular complexity index is 1350. The van der Waals surface area contributed by atoms with Crippen LogP contribution in [0.2, 0.25) is 0 Å². The van der Waals surface area contributed by atoms with Crippen LogP contribution in [0.1, 0.15) is 25.8 Å². The number of rotatable bonds is 13. The van der Waals surface area contributed by atoms with Crippen LogP contribution in [0.4, 0.5) is 5.69 Å². The first-order valence-electron chi connectivity index (χ1n) is 12.7. The van der Waals surface area contributed by atoms with Gasteiger partial charge in [0.2, 0.25) is 11.8 Å². The summed E-state index contributed by atoms with van der Waals surface area (Å²) in [7, 11) is -1.10. The van der Waals surface area contributed by atoms with E-state index in [0.29, 0.717) is 30.2 Å². The molecule has 0 saturated carbocycles. The third-order valence-corrected chi connectivity index (χ3v) is 7.98. The first-order chi connectivity index (χ1) is 18.7. The van der Waals surface area contributed by atoms with E-state index in [4.69, 9.17) is 9.47 Å². The number of carbonyl (C=O) groups is 2. The summed E-state index contributed by atoms with van der Waals surface area (Å²) in [6, 6.07) is 20.8. The fourth-order valence-corrected chi connectivity index (χ4v) is 5.59. The van der Waals surface area contributed by atoms with Gasteiger partial charge in [-0.05, 0) is 67.4 Å². The Kier molecular flexibility index (Phi) is 10.3. The van der Waals surface area contributed by atoms with Gasteiger partial charge in [0.1, 0.15) is 24.1 Å². The topological polar surface area (TPSA) is 105 Å². The maximum absolute atomic E-state index is 14.0. The molecule has 10 heteroatoms. The van der Waals surface area contributed by atoms with Crippen molar-refractivity contribution in [1.82, 2.24) is 10.2 Å². The highest BCUT2D eigenvalue weighted by atomic mass is 32.2. The van der Waals surface area contributed by atoms with Gasteiger partial charge in [0.25, 0.3) is 10.0 Å². The van der Waals surface area contributed by atoms with Crippen LogP contribution in [0.15, 0.2) is 83.8 Å². The quantitative estimate of drug-likeness (QED) is 0.345. The lowest BCUT2D eigenvalue weighted by atomic mass is 10.1. The van der Waals surface area contributed by atoms with Crippen LogP contribution < -0.4 is 19.1 Å². The number of hydrogen-bond acceptors (Lipinski definition) is 6. The third-order valence-electron chi connectivity index (χ3n) is 6.19. The Labute approximate surface area is 230 Å². The van der Waals surface area contributed by atoms with Crippen LogP contribution in [0.5, 0.6) is 11.5 Å². The van der Waals surface area contributed by atoms with Crippen molar-refractivity contribution in [2.24, 2.45) is 0 Å². The molecule has 0 aliphatic rings. The van der Waals surface area contributed by atoms with Crippen molar-refractivity contribution in [3.8, 4) is 11.5 Å². The number of likely N-dealkylation sites (N-methyl/N-ethyl adjacent to an activating group) is 1. The lowest BCUT2D eigenvalue weighted by Gasteiger charge is -2.33. The number of para-hydroxylation sites is 1. The third kappa shape index (κ3) is 7.29. The normalized spacial score (nSPS) is 11.8. The SMILES string of the molecule is CCNC(=O)[C@H](CC)N(Cc1cccc(OC)c1)C(=O)CN(c1ccccc1)S(=O)(=O)c1ccc(OC)cc1. The van der Waals surface area contributed by atoms with Gasteiger partial charge in [-0.15, -0.1) is 0 Å². The fourth-order valence-electron chi connectivity index (χ4n) is 4.18. The Balaban J connectivity index is 2.03. The number of hydrogen-bond donors (Lipinski definition) is 1. The zero-order valence-electron chi connectivity index (χ0n) is 22.7. The number of benzene rings is 3. The molecule has 2 amide bonds. The summed E-state index contributed by atoms with van der Waals surface area (Å²) < 4.78 is 39.2. The Morgan fingerprint density at radius 3 is 2.13 bits per heavy atom. The van der Waals surface area contributed by atoms with Crippen LogP contribution in [-0.2, 0) is 26.2 Å². The van der Waals surface area contributed by atoms with Gasteiger partial charge in [0, 0.05) is 13.1 Å². The van der Waals surface area contributed by atoms with Crippen molar-refractivity contribution in [3.63, 3.8) is 0 Å². The molecule has 0 radical (unpaired) electrons. The van der Waals surface area contributed by atoms with Gasteiger partial charge < -0.3 is 19.7 Å². The molecule has 9 nitrogen and oxygen atoms in total. The minimum atomic E-state index is -4.14. The minimum absolute atomic E-state index is 0.00932. The standard InChI is InChI=1S/C29H35N3O6S/c1-5-27(29(34)30-6-2)31(20-22-11-10-14-25(19-22)38-4)28(33)21-32(23-12-8-7-9-13-23)39(35,36)26-17-15-24(37-3)16-18-26/h7-19,27H,5-6,20-21H2,1-4H3,(H,30,34)/t27-/m0/s1. The van der Waals surface area contributed by atoms with Gasteiger partial charge in [-0.1, -0.05) is 37.3 Å². The van der Waals surface area contributed by atoms with Gasteiger partial charge in [0.15, 0.2) is 0 Å². The molecule has 39 heavy (non-hydrogen) atoms. The molecule has 0 aliphatic carbocycles. The summed E-state index contributed by atoms with van der Waals surface area (Å²) in [6.07, 6.45) is 0.345. The summed E-state index contributed by atoms with van der Waals surface area (Å²) in [5.74, 6) is 0.296. The van der Waals surface area contributed by atoms with Crippen molar-refractivity contribution < 1.29 is 27.5 Å². The molecule has 0 heterocycles. The number of nitrogens with zero attached hydrogens (tertiary/aromatic N) is 2. The van der Waals surface area contributed by atoms with Crippen LogP contribution in [0, 0.1) is 0 Å².